The zero-order chi connectivity index (χ0) is 30.6. The van der Waals surface area contributed by atoms with Crippen molar-refractivity contribution in [3.63, 3.8) is 0 Å². The van der Waals surface area contributed by atoms with Gasteiger partial charge in [-0.05, 0) is 67.5 Å². The number of non-ortho nitro benzene ring substituents is 2. The number of hydrogen-bond donors (Lipinski definition) is 0. The molecule has 0 aromatic heterocycles. The Balaban J connectivity index is 1.48. The number of alkyl halides is 1. The Morgan fingerprint density at radius 1 is 0.929 bits per heavy atom. The lowest BCUT2D eigenvalue weighted by Crippen LogP contribution is -2.26. The van der Waals surface area contributed by atoms with Crippen molar-refractivity contribution in [3.05, 3.63) is 114 Å². The summed E-state index contributed by atoms with van der Waals surface area (Å²) in [4.78, 5) is 24.3. The number of nitrogens with zero attached hydrogens (tertiary/aromatic N) is 4. The van der Waals surface area contributed by atoms with Gasteiger partial charge in [0, 0.05) is 70.2 Å². The Bertz CT molecular complexity index is 1680. The van der Waals surface area contributed by atoms with Crippen molar-refractivity contribution < 1.29 is 14.4 Å². The van der Waals surface area contributed by atoms with Crippen molar-refractivity contribution in [2.75, 3.05) is 23.4 Å². The summed E-state index contributed by atoms with van der Waals surface area (Å²) in [7, 11) is 4.05. The van der Waals surface area contributed by atoms with E-state index in [0.717, 1.165) is 57.6 Å². The summed E-state index contributed by atoms with van der Waals surface area (Å²) in [5, 5.41) is 22.8. The van der Waals surface area contributed by atoms with Gasteiger partial charge in [-0.1, -0.05) is 48.6 Å². The molecule has 0 radical (unpaired) electrons. The molecular weight excluding hydrogens is 643 g/mol. The van der Waals surface area contributed by atoms with E-state index in [1.807, 2.05) is 26.2 Å². The fraction of sp³-hybridized carbons (Fsp3) is 0.364. The largest absolute Gasteiger partial charge is 0.347 e. The van der Waals surface area contributed by atoms with E-state index in [9.17, 15) is 20.2 Å². The van der Waals surface area contributed by atoms with Crippen LogP contribution in [0.3, 0.4) is 0 Å². The second-order valence-corrected chi connectivity index (χ2v) is 13.0. The van der Waals surface area contributed by atoms with E-state index in [0.29, 0.717) is 0 Å². The van der Waals surface area contributed by atoms with Crippen LogP contribution in [0.1, 0.15) is 58.1 Å². The quantitative estimate of drug-likeness (QED) is 0.101. The van der Waals surface area contributed by atoms with Crippen molar-refractivity contribution in [1.82, 2.24) is 0 Å². The number of nitro benzene ring substituents is 2. The number of hydrogen-bond acceptors (Lipinski definition) is 5. The highest BCUT2D eigenvalue weighted by molar-refractivity contribution is 14.1. The second-order valence-electron chi connectivity index (χ2n) is 12.2. The van der Waals surface area contributed by atoms with Crippen LogP contribution in [0.25, 0.3) is 0 Å². The molecule has 0 unspecified atom stereocenters. The fourth-order valence-corrected chi connectivity index (χ4v) is 7.73. The van der Waals surface area contributed by atoms with Crippen molar-refractivity contribution >= 4 is 51.1 Å². The molecule has 0 atom stereocenters. The SMILES string of the molecule is CN1/C(=C/C=C2\CCCC(/C=C/C3=[N+](C)c4ccc([N+](=O)[O-])cc4C3(C)C)=C2CI)C(C)(C)c2cc([N+](=O)[O-])ccc21. The zero-order valence-corrected chi connectivity index (χ0v) is 27.1. The van der Waals surface area contributed by atoms with Gasteiger partial charge in [0.2, 0.25) is 5.69 Å². The minimum absolute atomic E-state index is 0.115. The number of halogens is 1. The highest BCUT2D eigenvalue weighted by atomic mass is 127. The summed E-state index contributed by atoms with van der Waals surface area (Å²) < 4.78 is 3.03. The first kappa shape index (κ1) is 29.9. The second kappa shape index (κ2) is 10.9. The normalized spacial score (nSPS) is 21.1. The molecular formula is C33H36IN4O4+. The number of benzene rings is 2. The maximum absolute atomic E-state index is 11.4. The number of anilines is 1. The van der Waals surface area contributed by atoms with Crippen molar-refractivity contribution in [3.8, 4) is 0 Å². The molecule has 42 heavy (non-hydrogen) atoms. The molecule has 2 heterocycles. The summed E-state index contributed by atoms with van der Waals surface area (Å²) in [6.07, 6.45) is 11.9. The summed E-state index contributed by atoms with van der Waals surface area (Å²) >= 11 is 2.45. The average molecular weight is 680 g/mol. The van der Waals surface area contributed by atoms with Crippen LogP contribution in [0.15, 0.2) is 83.1 Å². The van der Waals surface area contributed by atoms with Crippen molar-refractivity contribution in [2.45, 2.75) is 57.8 Å². The maximum Gasteiger partial charge on any atom is 0.270 e. The van der Waals surface area contributed by atoms with Gasteiger partial charge in [0.05, 0.1) is 15.3 Å². The van der Waals surface area contributed by atoms with Gasteiger partial charge in [-0.3, -0.25) is 20.2 Å². The van der Waals surface area contributed by atoms with E-state index >= 15 is 0 Å². The van der Waals surface area contributed by atoms with Crippen LogP contribution < -0.4 is 4.90 Å². The molecule has 0 spiro atoms. The highest BCUT2D eigenvalue weighted by Gasteiger charge is 2.44. The van der Waals surface area contributed by atoms with Gasteiger partial charge in [-0.15, -0.1) is 0 Å². The van der Waals surface area contributed by atoms with E-state index in [4.69, 9.17) is 0 Å². The summed E-state index contributed by atoms with van der Waals surface area (Å²) in [5.74, 6) is 0. The monoisotopic (exact) mass is 679 g/mol. The molecule has 9 heteroatoms. The topological polar surface area (TPSA) is 92.5 Å². The first-order valence-corrected chi connectivity index (χ1v) is 15.6. The number of nitro groups is 2. The van der Waals surface area contributed by atoms with E-state index < -0.39 is 0 Å². The Hall–Kier alpha value is -3.60. The fourth-order valence-electron chi connectivity index (χ4n) is 6.75. The van der Waals surface area contributed by atoms with E-state index in [1.54, 1.807) is 24.3 Å². The lowest BCUT2D eigenvalue weighted by molar-refractivity contribution is -0.402. The van der Waals surface area contributed by atoms with Crippen molar-refractivity contribution in [1.29, 1.82) is 0 Å². The van der Waals surface area contributed by atoms with Crippen LogP contribution >= 0.6 is 22.6 Å². The lowest BCUT2D eigenvalue weighted by atomic mass is 9.80. The van der Waals surface area contributed by atoms with Gasteiger partial charge >= 0.3 is 0 Å². The number of rotatable bonds is 6. The van der Waals surface area contributed by atoms with Gasteiger partial charge in [-0.25, -0.2) is 0 Å². The third kappa shape index (κ3) is 4.91. The molecule has 0 N–H and O–H groups in total. The van der Waals surface area contributed by atoms with Gasteiger partial charge in [-0.2, -0.15) is 4.58 Å². The van der Waals surface area contributed by atoms with Gasteiger partial charge in [0.15, 0.2) is 5.71 Å². The molecule has 1 aliphatic carbocycles. The van der Waals surface area contributed by atoms with Crippen LogP contribution in [0.2, 0.25) is 0 Å². The standard InChI is InChI=1S/C33H36IN4O4/c1-32(2)26-18-23(37(39)40)12-14-28(26)35(5)30(32)16-10-21-8-7-9-22(25(21)20-34)11-17-31-33(3,4)27-19-24(38(41)42)13-15-29(27)36(31)6/h10-19H,7-9,20H2,1-6H3/q+1. The summed E-state index contributed by atoms with van der Waals surface area (Å²) in [6.45, 7) is 8.49. The third-order valence-corrected chi connectivity index (χ3v) is 9.90. The Morgan fingerprint density at radius 2 is 1.57 bits per heavy atom. The number of allylic oxidation sites excluding steroid dienone is 8. The Kier molecular flexibility index (Phi) is 7.76. The molecule has 3 aliphatic rings. The van der Waals surface area contributed by atoms with Gasteiger partial charge in [0.25, 0.3) is 11.4 Å². The predicted molar refractivity (Wildman–Crippen MR) is 177 cm³/mol. The highest BCUT2D eigenvalue weighted by Crippen LogP contribution is 2.48. The molecule has 5 rings (SSSR count). The Morgan fingerprint density at radius 3 is 2.21 bits per heavy atom. The first-order valence-electron chi connectivity index (χ1n) is 14.1. The smallest absolute Gasteiger partial charge is 0.270 e. The van der Waals surface area contributed by atoms with Gasteiger partial charge < -0.3 is 4.90 Å². The molecule has 0 saturated heterocycles. The number of likely N-dealkylation sites (N-methyl/N-ethyl adjacent to an activating group) is 1. The molecule has 2 aromatic carbocycles. The maximum atomic E-state index is 11.4. The van der Waals surface area contributed by atoms with Gasteiger partial charge in [0.1, 0.15) is 7.05 Å². The Labute approximate surface area is 260 Å². The molecule has 218 valence electrons. The van der Waals surface area contributed by atoms with Crippen LogP contribution in [-0.2, 0) is 10.8 Å². The predicted octanol–water partition coefficient (Wildman–Crippen LogP) is 8.22. The molecule has 0 bridgehead atoms. The van der Waals surface area contributed by atoms with Crippen molar-refractivity contribution in [2.24, 2.45) is 0 Å². The van der Waals surface area contributed by atoms with Crippen LogP contribution in [0, 0.1) is 20.2 Å². The summed E-state index contributed by atoms with van der Waals surface area (Å²) in [6, 6.07) is 10.2. The van der Waals surface area contributed by atoms with Crippen LogP contribution in [0.4, 0.5) is 22.7 Å². The van der Waals surface area contributed by atoms with Crippen LogP contribution in [0.5, 0.6) is 0 Å². The molecule has 2 aromatic rings. The van der Waals surface area contributed by atoms with Crippen LogP contribution in [-0.4, -0.2) is 38.7 Å². The molecule has 0 fully saturated rings. The molecule has 2 aliphatic heterocycles. The van der Waals surface area contributed by atoms with E-state index in [2.05, 4.69) is 84.1 Å². The number of fused-ring (bicyclic) bond motifs is 2. The lowest BCUT2D eigenvalue weighted by Gasteiger charge is -2.24. The van der Waals surface area contributed by atoms with E-state index in [-0.39, 0.29) is 32.1 Å². The zero-order valence-electron chi connectivity index (χ0n) is 24.9. The molecule has 8 nitrogen and oxygen atoms in total. The molecule has 0 amide bonds. The first-order chi connectivity index (χ1) is 19.8. The average Bonchev–Trinajstić information content (AvgIpc) is 3.26. The minimum atomic E-state index is -0.363. The minimum Gasteiger partial charge on any atom is -0.347 e. The molecule has 0 saturated carbocycles. The van der Waals surface area contributed by atoms with E-state index in [1.165, 1.54) is 16.7 Å². The third-order valence-electron chi connectivity index (χ3n) is 9.14. The summed E-state index contributed by atoms with van der Waals surface area (Å²) in [5.41, 5.74) is 9.62.